The third kappa shape index (κ3) is 5.69. The molecule has 3 rings (SSSR count). The molecule has 0 spiro atoms. The fourth-order valence-corrected chi connectivity index (χ4v) is 2.90. The van der Waals surface area contributed by atoms with Crippen LogP contribution in [-0.4, -0.2) is 33.9 Å². The van der Waals surface area contributed by atoms with Gasteiger partial charge in [0.15, 0.2) is 5.96 Å². The Balaban J connectivity index is 1.56. The van der Waals surface area contributed by atoms with Crippen LogP contribution >= 0.6 is 0 Å². The Bertz CT molecular complexity index is 862. The van der Waals surface area contributed by atoms with Crippen molar-refractivity contribution in [1.29, 1.82) is 0 Å². The van der Waals surface area contributed by atoms with Crippen LogP contribution in [0.1, 0.15) is 30.6 Å². The summed E-state index contributed by atoms with van der Waals surface area (Å²) in [7, 11) is 0. The zero-order valence-electron chi connectivity index (χ0n) is 16.1. The molecule has 3 N–H and O–H groups in total. The van der Waals surface area contributed by atoms with E-state index in [1.807, 2.05) is 66.3 Å². The topological polar surface area (TPSA) is 74.5 Å². The Hall–Kier alpha value is -3.12. The number of aliphatic imine (C=N–C) groups is 1. The SMILES string of the molecule is CCNC(=NCc1cccc(-n2cccn2)c1)NCCC(O)c1ccccc1. The van der Waals surface area contributed by atoms with Crippen LogP contribution in [-0.2, 0) is 6.54 Å². The number of guanidine groups is 1. The van der Waals surface area contributed by atoms with E-state index in [4.69, 9.17) is 0 Å². The highest BCUT2D eigenvalue weighted by Crippen LogP contribution is 2.15. The maximum Gasteiger partial charge on any atom is 0.191 e. The average Bonchev–Trinajstić information content (AvgIpc) is 3.28. The first-order valence-corrected chi connectivity index (χ1v) is 9.60. The molecule has 0 aliphatic carbocycles. The van der Waals surface area contributed by atoms with Crippen LogP contribution in [0.2, 0.25) is 0 Å². The first-order valence-electron chi connectivity index (χ1n) is 9.60. The fraction of sp³-hybridized carbons (Fsp3) is 0.273. The Morgan fingerprint density at radius 3 is 2.71 bits per heavy atom. The van der Waals surface area contributed by atoms with Gasteiger partial charge in [0, 0.05) is 25.5 Å². The molecule has 6 heteroatoms. The molecule has 0 bridgehead atoms. The van der Waals surface area contributed by atoms with Gasteiger partial charge in [-0.05, 0) is 42.7 Å². The zero-order chi connectivity index (χ0) is 19.6. The number of hydrogen-bond acceptors (Lipinski definition) is 3. The highest BCUT2D eigenvalue weighted by atomic mass is 16.3. The van der Waals surface area contributed by atoms with E-state index in [-0.39, 0.29) is 0 Å². The predicted molar refractivity (Wildman–Crippen MR) is 112 cm³/mol. The number of rotatable bonds is 8. The van der Waals surface area contributed by atoms with E-state index in [1.54, 1.807) is 6.20 Å². The van der Waals surface area contributed by atoms with Gasteiger partial charge in [0.2, 0.25) is 0 Å². The van der Waals surface area contributed by atoms with Gasteiger partial charge in [0.1, 0.15) is 0 Å². The van der Waals surface area contributed by atoms with Crippen LogP contribution in [0.15, 0.2) is 78.0 Å². The summed E-state index contributed by atoms with van der Waals surface area (Å²) in [6, 6.07) is 19.8. The summed E-state index contributed by atoms with van der Waals surface area (Å²) < 4.78 is 1.83. The van der Waals surface area contributed by atoms with E-state index in [1.165, 1.54) is 0 Å². The molecule has 28 heavy (non-hydrogen) atoms. The van der Waals surface area contributed by atoms with Gasteiger partial charge >= 0.3 is 0 Å². The second-order valence-corrected chi connectivity index (χ2v) is 6.46. The lowest BCUT2D eigenvalue weighted by Gasteiger charge is -2.14. The van der Waals surface area contributed by atoms with Gasteiger partial charge in [-0.3, -0.25) is 0 Å². The van der Waals surface area contributed by atoms with E-state index in [2.05, 4.69) is 32.9 Å². The molecule has 0 aliphatic heterocycles. The number of hydrogen-bond donors (Lipinski definition) is 3. The molecule has 0 saturated heterocycles. The maximum atomic E-state index is 10.3. The molecular weight excluding hydrogens is 350 g/mol. The standard InChI is InChI=1S/C22H27N5O/c1-2-23-22(24-14-12-21(28)19-9-4-3-5-10-19)25-17-18-8-6-11-20(16-18)27-15-7-13-26-27/h3-11,13,15-16,21,28H,2,12,14,17H2,1H3,(H2,23,24,25). The normalized spacial score (nSPS) is 12.6. The second kappa shape index (κ2) is 10.3. The van der Waals surface area contributed by atoms with Gasteiger partial charge in [0.25, 0.3) is 0 Å². The lowest BCUT2D eigenvalue weighted by Crippen LogP contribution is -2.38. The molecule has 3 aromatic rings. The number of aromatic nitrogens is 2. The lowest BCUT2D eigenvalue weighted by atomic mass is 10.1. The molecule has 0 fully saturated rings. The van der Waals surface area contributed by atoms with Crippen LogP contribution in [0.25, 0.3) is 5.69 Å². The molecule has 1 heterocycles. The average molecular weight is 377 g/mol. The number of nitrogens with zero attached hydrogens (tertiary/aromatic N) is 3. The fourth-order valence-electron chi connectivity index (χ4n) is 2.90. The number of aliphatic hydroxyl groups is 1. The summed E-state index contributed by atoms with van der Waals surface area (Å²) in [4.78, 5) is 4.66. The van der Waals surface area contributed by atoms with E-state index in [0.717, 1.165) is 29.3 Å². The molecule has 1 unspecified atom stereocenters. The molecule has 0 radical (unpaired) electrons. The van der Waals surface area contributed by atoms with Crippen LogP contribution in [0.4, 0.5) is 0 Å². The lowest BCUT2D eigenvalue weighted by molar-refractivity contribution is 0.168. The Morgan fingerprint density at radius 2 is 1.96 bits per heavy atom. The van der Waals surface area contributed by atoms with Crippen LogP contribution in [0.5, 0.6) is 0 Å². The van der Waals surface area contributed by atoms with Gasteiger partial charge in [-0.25, -0.2) is 9.67 Å². The summed E-state index contributed by atoms with van der Waals surface area (Å²) in [5.74, 6) is 0.743. The minimum Gasteiger partial charge on any atom is -0.388 e. The Morgan fingerprint density at radius 1 is 1.11 bits per heavy atom. The molecular formula is C22H27N5O. The van der Waals surface area contributed by atoms with E-state index in [0.29, 0.717) is 19.5 Å². The molecule has 0 aliphatic rings. The van der Waals surface area contributed by atoms with Gasteiger partial charge in [-0.1, -0.05) is 42.5 Å². The van der Waals surface area contributed by atoms with Crippen molar-refractivity contribution in [3.63, 3.8) is 0 Å². The zero-order valence-corrected chi connectivity index (χ0v) is 16.1. The molecule has 0 amide bonds. The minimum atomic E-state index is -0.484. The highest BCUT2D eigenvalue weighted by molar-refractivity contribution is 5.79. The van der Waals surface area contributed by atoms with Crippen molar-refractivity contribution < 1.29 is 5.11 Å². The molecule has 1 atom stereocenters. The van der Waals surface area contributed by atoms with Gasteiger partial charge in [0.05, 0.1) is 18.3 Å². The summed E-state index contributed by atoms with van der Waals surface area (Å²) in [6.45, 7) is 4.01. The van der Waals surface area contributed by atoms with Crippen LogP contribution in [0, 0.1) is 0 Å². The van der Waals surface area contributed by atoms with Crippen molar-refractivity contribution in [2.24, 2.45) is 4.99 Å². The van der Waals surface area contributed by atoms with Crippen molar-refractivity contribution in [3.05, 3.63) is 84.2 Å². The predicted octanol–water partition coefficient (Wildman–Crippen LogP) is 3.05. The van der Waals surface area contributed by atoms with Crippen molar-refractivity contribution in [2.75, 3.05) is 13.1 Å². The van der Waals surface area contributed by atoms with Crippen LogP contribution in [0.3, 0.4) is 0 Å². The largest absolute Gasteiger partial charge is 0.388 e. The first kappa shape index (κ1) is 19.6. The van der Waals surface area contributed by atoms with Gasteiger partial charge < -0.3 is 15.7 Å². The summed E-state index contributed by atoms with van der Waals surface area (Å²) in [6.07, 6.45) is 3.82. The van der Waals surface area contributed by atoms with Crippen LogP contribution < -0.4 is 10.6 Å². The summed E-state index contributed by atoms with van der Waals surface area (Å²) >= 11 is 0. The highest BCUT2D eigenvalue weighted by Gasteiger charge is 2.07. The van der Waals surface area contributed by atoms with Crippen molar-refractivity contribution in [3.8, 4) is 5.69 Å². The monoisotopic (exact) mass is 377 g/mol. The minimum absolute atomic E-state index is 0.484. The second-order valence-electron chi connectivity index (χ2n) is 6.46. The number of benzene rings is 2. The first-order chi connectivity index (χ1) is 13.8. The number of aliphatic hydroxyl groups excluding tert-OH is 1. The molecule has 2 aromatic carbocycles. The molecule has 146 valence electrons. The van der Waals surface area contributed by atoms with Crippen molar-refractivity contribution in [2.45, 2.75) is 26.0 Å². The molecule has 6 nitrogen and oxygen atoms in total. The van der Waals surface area contributed by atoms with Crippen molar-refractivity contribution in [1.82, 2.24) is 20.4 Å². The Labute approximate surface area is 165 Å². The summed E-state index contributed by atoms with van der Waals surface area (Å²) in [5, 5.41) is 21.1. The Kier molecular flexibility index (Phi) is 7.21. The third-order valence-electron chi connectivity index (χ3n) is 4.34. The molecule has 0 saturated carbocycles. The van der Waals surface area contributed by atoms with Gasteiger partial charge in [-0.15, -0.1) is 0 Å². The van der Waals surface area contributed by atoms with Gasteiger partial charge in [-0.2, -0.15) is 5.10 Å². The van der Waals surface area contributed by atoms with Crippen molar-refractivity contribution >= 4 is 5.96 Å². The van der Waals surface area contributed by atoms with E-state index in [9.17, 15) is 5.11 Å². The quantitative estimate of drug-likeness (QED) is 0.417. The number of nitrogens with one attached hydrogen (secondary N) is 2. The summed E-state index contributed by atoms with van der Waals surface area (Å²) in [5.41, 5.74) is 3.05. The maximum absolute atomic E-state index is 10.3. The van der Waals surface area contributed by atoms with E-state index >= 15 is 0 Å². The van der Waals surface area contributed by atoms with E-state index < -0.39 is 6.10 Å². The smallest absolute Gasteiger partial charge is 0.191 e. The third-order valence-corrected chi connectivity index (χ3v) is 4.34. The molecule has 1 aromatic heterocycles.